The Morgan fingerprint density at radius 1 is 1.50 bits per heavy atom. The van der Waals surface area contributed by atoms with Crippen LogP contribution in [0.2, 0.25) is 4.34 Å². The van der Waals surface area contributed by atoms with Crippen LogP contribution in [-0.4, -0.2) is 37.0 Å². The van der Waals surface area contributed by atoms with E-state index in [0.29, 0.717) is 9.90 Å². The molecule has 1 amide bonds. The summed E-state index contributed by atoms with van der Waals surface area (Å²) in [5.74, 6) is 0.0923. The lowest BCUT2D eigenvalue weighted by Gasteiger charge is -2.27. The van der Waals surface area contributed by atoms with Crippen molar-refractivity contribution in [3.8, 4) is 0 Å². The Morgan fingerprint density at radius 3 is 2.79 bits per heavy atom. The number of halogens is 1. The van der Waals surface area contributed by atoms with Gasteiger partial charge >= 0.3 is 0 Å². The molecule has 1 aromatic heterocycles. The summed E-state index contributed by atoms with van der Waals surface area (Å²) in [6.07, 6.45) is 0. The van der Waals surface area contributed by atoms with Gasteiger partial charge < -0.3 is 10.2 Å². The van der Waals surface area contributed by atoms with E-state index in [4.69, 9.17) is 11.6 Å². The molecule has 0 spiro atoms. The molecule has 1 saturated heterocycles. The van der Waals surface area contributed by atoms with E-state index in [9.17, 15) is 4.79 Å². The molecule has 1 N–H and O–H groups in total. The van der Waals surface area contributed by atoms with E-state index >= 15 is 0 Å². The van der Waals surface area contributed by atoms with Crippen LogP contribution in [0.4, 0.5) is 0 Å². The molecular weight excluding hydrogens is 220 g/mol. The van der Waals surface area contributed by atoms with Crippen LogP contribution >= 0.6 is 22.9 Å². The van der Waals surface area contributed by atoms with E-state index in [-0.39, 0.29) is 5.91 Å². The molecule has 1 aliphatic rings. The lowest BCUT2D eigenvalue weighted by atomic mass is 10.2. The number of rotatable bonds is 1. The SMILES string of the molecule is O=C(c1csc(Cl)c1)N1CCNCC1. The van der Waals surface area contributed by atoms with Gasteiger partial charge in [0.2, 0.25) is 0 Å². The minimum Gasteiger partial charge on any atom is -0.336 e. The van der Waals surface area contributed by atoms with Gasteiger partial charge in [0.25, 0.3) is 5.91 Å². The zero-order valence-corrected chi connectivity index (χ0v) is 9.20. The molecule has 1 aromatic rings. The number of carbonyl (C=O) groups excluding carboxylic acids is 1. The summed E-state index contributed by atoms with van der Waals surface area (Å²) in [6.45, 7) is 3.33. The minimum atomic E-state index is 0.0923. The first-order valence-corrected chi connectivity index (χ1v) is 5.77. The molecule has 5 heteroatoms. The lowest BCUT2D eigenvalue weighted by Crippen LogP contribution is -2.46. The largest absolute Gasteiger partial charge is 0.336 e. The number of piperazine rings is 1. The van der Waals surface area contributed by atoms with Gasteiger partial charge in [0.05, 0.1) is 9.90 Å². The number of hydrogen-bond acceptors (Lipinski definition) is 3. The maximum absolute atomic E-state index is 11.9. The second-order valence-electron chi connectivity index (χ2n) is 3.18. The second-order valence-corrected chi connectivity index (χ2v) is 4.72. The number of nitrogens with zero attached hydrogens (tertiary/aromatic N) is 1. The molecule has 0 aliphatic carbocycles. The Hall–Kier alpha value is -0.580. The third kappa shape index (κ3) is 2.08. The van der Waals surface area contributed by atoms with Crippen molar-refractivity contribution in [2.75, 3.05) is 26.2 Å². The smallest absolute Gasteiger partial charge is 0.254 e. The van der Waals surface area contributed by atoms with Gasteiger partial charge in [-0.05, 0) is 6.07 Å². The average molecular weight is 231 g/mol. The number of amides is 1. The van der Waals surface area contributed by atoms with Crippen molar-refractivity contribution in [3.05, 3.63) is 21.3 Å². The predicted octanol–water partition coefficient (Wildman–Crippen LogP) is 1.45. The summed E-state index contributed by atoms with van der Waals surface area (Å²) in [7, 11) is 0. The van der Waals surface area contributed by atoms with Crippen LogP contribution in [-0.2, 0) is 0 Å². The fourth-order valence-electron chi connectivity index (χ4n) is 1.47. The van der Waals surface area contributed by atoms with Gasteiger partial charge in [-0.2, -0.15) is 0 Å². The van der Waals surface area contributed by atoms with Crippen molar-refractivity contribution in [2.24, 2.45) is 0 Å². The number of hydrogen-bond donors (Lipinski definition) is 1. The molecule has 1 aliphatic heterocycles. The molecule has 2 rings (SSSR count). The highest BCUT2D eigenvalue weighted by molar-refractivity contribution is 7.14. The van der Waals surface area contributed by atoms with Crippen LogP contribution in [0.15, 0.2) is 11.4 Å². The fourth-order valence-corrected chi connectivity index (χ4v) is 2.33. The highest BCUT2D eigenvalue weighted by atomic mass is 35.5. The van der Waals surface area contributed by atoms with Crippen LogP contribution in [0.25, 0.3) is 0 Å². The van der Waals surface area contributed by atoms with Crippen molar-refractivity contribution >= 4 is 28.8 Å². The van der Waals surface area contributed by atoms with E-state index in [1.54, 1.807) is 6.07 Å². The van der Waals surface area contributed by atoms with Crippen LogP contribution in [0.3, 0.4) is 0 Å². The maximum Gasteiger partial charge on any atom is 0.254 e. The van der Waals surface area contributed by atoms with E-state index in [2.05, 4.69) is 5.32 Å². The monoisotopic (exact) mass is 230 g/mol. The topological polar surface area (TPSA) is 32.3 Å². The zero-order chi connectivity index (χ0) is 9.97. The van der Waals surface area contributed by atoms with Gasteiger partial charge in [0.15, 0.2) is 0 Å². The Balaban J connectivity index is 2.07. The molecule has 1 fully saturated rings. The molecular formula is C9H11ClN2OS. The molecule has 14 heavy (non-hydrogen) atoms. The Labute approximate surface area is 91.7 Å². The third-order valence-corrected chi connectivity index (χ3v) is 3.31. The molecule has 0 bridgehead atoms. The zero-order valence-electron chi connectivity index (χ0n) is 7.62. The third-order valence-electron chi connectivity index (χ3n) is 2.22. The first kappa shape index (κ1) is 9.96. The van der Waals surface area contributed by atoms with E-state index in [1.165, 1.54) is 11.3 Å². The van der Waals surface area contributed by atoms with Gasteiger partial charge in [-0.1, -0.05) is 11.6 Å². The molecule has 76 valence electrons. The van der Waals surface area contributed by atoms with Crippen molar-refractivity contribution < 1.29 is 4.79 Å². The Morgan fingerprint density at radius 2 is 2.21 bits per heavy atom. The lowest BCUT2D eigenvalue weighted by molar-refractivity contribution is 0.0736. The first-order valence-electron chi connectivity index (χ1n) is 4.51. The molecule has 3 nitrogen and oxygen atoms in total. The molecule has 0 atom stereocenters. The molecule has 0 saturated carbocycles. The van der Waals surface area contributed by atoms with E-state index in [0.717, 1.165) is 26.2 Å². The van der Waals surface area contributed by atoms with Crippen molar-refractivity contribution in [3.63, 3.8) is 0 Å². The van der Waals surface area contributed by atoms with Crippen LogP contribution in [0.1, 0.15) is 10.4 Å². The second kappa shape index (κ2) is 4.29. The normalized spacial score (nSPS) is 17.1. The summed E-state index contributed by atoms with van der Waals surface area (Å²) < 4.78 is 0.670. The summed E-state index contributed by atoms with van der Waals surface area (Å²) in [6, 6.07) is 1.73. The Bertz CT molecular complexity index is 333. The molecule has 2 heterocycles. The quantitative estimate of drug-likeness (QED) is 0.792. The molecule has 0 aromatic carbocycles. The van der Waals surface area contributed by atoms with Gasteiger partial charge in [0.1, 0.15) is 0 Å². The van der Waals surface area contributed by atoms with Crippen LogP contribution < -0.4 is 5.32 Å². The minimum absolute atomic E-state index is 0.0923. The fraction of sp³-hybridized carbons (Fsp3) is 0.444. The predicted molar refractivity (Wildman–Crippen MR) is 58.1 cm³/mol. The first-order chi connectivity index (χ1) is 6.77. The van der Waals surface area contributed by atoms with Gasteiger partial charge in [-0.15, -0.1) is 11.3 Å². The maximum atomic E-state index is 11.9. The highest BCUT2D eigenvalue weighted by Gasteiger charge is 2.18. The number of nitrogens with one attached hydrogen (secondary N) is 1. The number of carbonyl (C=O) groups is 1. The Kier molecular flexibility index (Phi) is 3.05. The van der Waals surface area contributed by atoms with Crippen molar-refractivity contribution in [1.82, 2.24) is 10.2 Å². The van der Waals surface area contributed by atoms with Gasteiger partial charge in [0, 0.05) is 31.6 Å². The summed E-state index contributed by atoms with van der Waals surface area (Å²) in [4.78, 5) is 13.7. The van der Waals surface area contributed by atoms with Gasteiger partial charge in [-0.25, -0.2) is 0 Å². The van der Waals surface area contributed by atoms with Crippen molar-refractivity contribution in [1.29, 1.82) is 0 Å². The van der Waals surface area contributed by atoms with E-state index in [1.807, 2.05) is 10.3 Å². The summed E-state index contributed by atoms with van der Waals surface area (Å²) >= 11 is 7.18. The highest BCUT2D eigenvalue weighted by Crippen LogP contribution is 2.21. The summed E-state index contributed by atoms with van der Waals surface area (Å²) in [5, 5.41) is 5.02. The average Bonchev–Trinajstić information content (AvgIpc) is 2.65. The standard InChI is InChI=1S/C9H11ClN2OS/c10-8-5-7(6-14-8)9(13)12-3-1-11-2-4-12/h5-6,11H,1-4H2. The number of thiophene rings is 1. The van der Waals surface area contributed by atoms with Gasteiger partial charge in [-0.3, -0.25) is 4.79 Å². The van der Waals surface area contributed by atoms with Crippen LogP contribution in [0.5, 0.6) is 0 Å². The molecule has 0 unspecified atom stereocenters. The van der Waals surface area contributed by atoms with Crippen LogP contribution in [0, 0.1) is 0 Å². The van der Waals surface area contributed by atoms with E-state index < -0.39 is 0 Å². The van der Waals surface area contributed by atoms with Crippen molar-refractivity contribution in [2.45, 2.75) is 0 Å². The summed E-state index contributed by atoms with van der Waals surface area (Å²) in [5.41, 5.74) is 0.710. The molecule has 0 radical (unpaired) electrons.